The van der Waals surface area contributed by atoms with Crippen LogP contribution >= 0.6 is 12.6 Å². The summed E-state index contributed by atoms with van der Waals surface area (Å²) in [6.45, 7) is 0. The van der Waals surface area contributed by atoms with Gasteiger partial charge in [0.05, 0.1) is 5.37 Å². The van der Waals surface area contributed by atoms with Crippen LogP contribution in [0.2, 0.25) is 0 Å². The molecule has 0 radical (unpaired) electrons. The van der Waals surface area contributed by atoms with Crippen molar-refractivity contribution in [2.45, 2.75) is 11.8 Å². The number of hydrogen-bond donors (Lipinski definition) is 2. The number of carbonyl (C=O) groups is 1. The van der Waals surface area contributed by atoms with E-state index in [-0.39, 0.29) is 5.37 Å². The largest absolute Gasteiger partial charge is 0.308 e. The fourth-order valence-corrected chi connectivity index (χ4v) is 0.295. The normalized spacial score (nSPS) is 13.4. The second kappa shape index (κ2) is 4.15. The maximum atomic E-state index is 9.69. The molecule has 0 amide bonds. The summed E-state index contributed by atoms with van der Waals surface area (Å²) in [7, 11) is 1.77. The Morgan fingerprint density at radius 2 is 2.57 bits per heavy atom. The van der Waals surface area contributed by atoms with Gasteiger partial charge in [-0.3, -0.25) is 0 Å². The molecule has 1 atom stereocenters. The summed E-state index contributed by atoms with van der Waals surface area (Å²) < 4.78 is 0. The van der Waals surface area contributed by atoms with Gasteiger partial charge in [0, 0.05) is 6.42 Å². The Bertz CT molecular complexity index is 57.7. The van der Waals surface area contributed by atoms with E-state index < -0.39 is 0 Å². The summed E-state index contributed by atoms with van der Waals surface area (Å²) in [6, 6.07) is 0. The second-order valence-electron chi connectivity index (χ2n) is 1.21. The van der Waals surface area contributed by atoms with E-state index in [1.165, 1.54) is 0 Å². The van der Waals surface area contributed by atoms with Gasteiger partial charge in [-0.2, -0.15) is 12.6 Å². The molecule has 0 aliphatic carbocycles. The van der Waals surface area contributed by atoms with Gasteiger partial charge in [0.15, 0.2) is 0 Å². The van der Waals surface area contributed by atoms with E-state index in [1.54, 1.807) is 7.05 Å². The zero-order valence-corrected chi connectivity index (χ0v) is 5.11. The fraction of sp³-hybridized carbons (Fsp3) is 0.750. The van der Waals surface area contributed by atoms with Crippen molar-refractivity contribution in [2.24, 2.45) is 0 Å². The minimum atomic E-state index is 0.0255. The smallest absolute Gasteiger partial charge is 0.122 e. The van der Waals surface area contributed by atoms with Gasteiger partial charge in [-0.05, 0) is 7.05 Å². The Hall–Kier alpha value is -0.0200. The highest BCUT2D eigenvalue weighted by molar-refractivity contribution is 7.80. The molecule has 0 aliphatic heterocycles. The molecule has 3 heteroatoms. The molecule has 7 heavy (non-hydrogen) atoms. The average molecular weight is 119 g/mol. The van der Waals surface area contributed by atoms with Gasteiger partial charge in [0.2, 0.25) is 0 Å². The van der Waals surface area contributed by atoms with E-state index in [2.05, 4.69) is 17.9 Å². The van der Waals surface area contributed by atoms with Gasteiger partial charge >= 0.3 is 0 Å². The van der Waals surface area contributed by atoms with E-state index in [4.69, 9.17) is 0 Å². The maximum absolute atomic E-state index is 9.69. The Morgan fingerprint density at radius 3 is 2.71 bits per heavy atom. The lowest BCUT2D eigenvalue weighted by molar-refractivity contribution is -0.107. The number of nitrogens with one attached hydrogen (secondary N) is 1. The van der Waals surface area contributed by atoms with Crippen LogP contribution in [0.15, 0.2) is 0 Å². The molecule has 0 saturated heterocycles. The van der Waals surface area contributed by atoms with Crippen LogP contribution in [0.4, 0.5) is 0 Å². The summed E-state index contributed by atoms with van der Waals surface area (Å²) in [5.41, 5.74) is 0. The van der Waals surface area contributed by atoms with Crippen molar-refractivity contribution in [1.82, 2.24) is 5.32 Å². The highest BCUT2D eigenvalue weighted by Crippen LogP contribution is 1.89. The molecule has 0 spiro atoms. The molecule has 1 unspecified atom stereocenters. The molecule has 1 N–H and O–H groups in total. The van der Waals surface area contributed by atoms with Crippen LogP contribution in [-0.4, -0.2) is 18.7 Å². The maximum Gasteiger partial charge on any atom is 0.122 e. The standard InChI is InChI=1S/C4H9NOS/c1-5-4(7)2-3-6/h3-5,7H,2H2,1H3. The Kier molecular flexibility index (Phi) is 4.14. The number of aldehydes is 1. The molecule has 0 aliphatic rings. The second-order valence-corrected chi connectivity index (χ2v) is 1.83. The predicted molar refractivity (Wildman–Crippen MR) is 32.5 cm³/mol. The summed E-state index contributed by atoms with van der Waals surface area (Å²) in [6.07, 6.45) is 1.31. The van der Waals surface area contributed by atoms with Crippen molar-refractivity contribution < 1.29 is 4.79 Å². The van der Waals surface area contributed by atoms with Crippen LogP contribution in [-0.2, 0) is 4.79 Å². The van der Waals surface area contributed by atoms with Crippen LogP contribution in [0.25, 0.3) is 0 Å². The third-order valence-corrected chi connectivity index (χ3v) is 1.12. The van der Waals surface area contributed by atoms with Gasteiger partial charge in [0.25, 0.3) is 0 Å². The lowest BCUT2D eigenvalue weighted by Crippen LogP contribution is -2.18. The first-order valence-electron chi connectivity index (χ1n) is 2.10. The molecule has 0 aromatic carbocycles. The molecule has 0 fully saturated rings. The SMILES string of the molecule is CNC(S)CC=O. The molecule has 0 rings (SSSR count). The first kappa shape index (κ1) is 6.98. The van der Waals surface area contributed by atoms with E-state index in [1.807, 2.05) is 0 Å². The molecule has 42 valence electrons. The number of hydrogen-bond acceptors (Lipinski definition) is 3. The molecule has 0 bridgehead atoms. The monoisotopic (exact) mass is 119 g/mol. The van der Waals surface area contributed by atoms with Gasteiger partial charge < -0.3 is 10.1 Å². The van der Waals surface area contributed by atoms with Crippen LogP contribution < -0.4 is 5.32 Å². The number of rotatable bonds is 3. The first-order chi connectivity index (χ1) is 3.31. The van der Waals surface area contributed by atoms with Crippen molar-refractivity contribution >= 4 is 18.9 Å². The van der Waals surface area contributed by atoms with Crippen LogP contribution in [0.5, 0.6) is 0 Å². The van der Waals surface area contributed by atoms with Crippen LogP contribution in [0.3, 0.4) is 0 Å². The lowest BCUT2D eigenvalue weighted by atomic mass is 10.5. The van der Waals surface area contributed by atoms with Crippen molar-refractivity contribution in [3.63, 3.8) is 0 Å². The van der Waals surface area contributed by atoms with Gasteiger partial charge in [-0.15, -0.1) is 0 Å². The van der Waals surface area contributed by atoms with Crippen molar-refractivity contribution in [2.75, 3.05) is 7.05 Å². The zero-order valence-electron chi connectivity index (χ0n) is 4.22. The first-order valence-corrected chi connectivity index (χ1v) is 2.62. The molecule has 0 saturated carbocycles. The molecular formula is C4H9NOS. The number of thiol groups is 1. The minimum absolute atomic E-state index is 0.0255. The highest BCUT2D eigenvalue weighted by Gasteiger charge is 1.92. The molecule has 2 nitrogen and oxygen atoms in total. The van der Waals surface area contributed by atoms with Gasteiger partial charge in [-0.1, -0.05) is 0 Å². The molecule has 0 heterocycles. The molecule has 0 aromatic heterocycles. The minimum Gasteiger partial charge on any atom is -0.308 e. The highest BCUT2D eigenvalue weighted by atomic mass is 32.1. The summed E-state index contributed by atoms with van der Waals surface area (Å²) >= 11 is 3.97. The van der Waals surface area contributed by atoms with Crippen molar-refractivity contribution in [3.8, 4) is 0 Å². The van der Waals surface area contributed by atoms with E-state index in [0.29, 0.717) is 6.42 Å². The quantitative estimate of drug-likeness (QED) is 0.312. The Labute approximate surface area is 48.7 Å². The lowest BCUT2D eigenvalue weighted by Gasteiger charge is -2.00. The zero-order chi connectivity index (χ0) is 5.70. The summed E-state index contributed by atoms with van der Waals surface area (Å²) in [5, 5.41) is 2.82. The summed E-state index contributed by atoms with van der Waals surface area (Å²) in [4.78, 5) is 9.69. The summed E-state index contributed by atoms with van der Waals surface area (Å²) in [5.74, 6) is 0. The van der Waals surface area contributed by atoms with Crippen molar-refractivity contribution in [3.05, 3.63) is 0 Å². The average Bonchev–Trinajstić information content (AvgIpc) is 1.68. The van der Waals surface area contributed by atoms with E-state index >= 15 is 0 Å². The number of carbonyl (C=O) groups excluding carboxylic acids is 1. The van der Waals surface area contributed by atoms with E-state index in [9.17, 15) is 4.79 Å². The van der Waals surface area contributed by atoms with Crippen LogP contribution in [0, 0.1) is 0 Å². The third kappa shape index (κ3) is 3.82. The Morgan fingerprint density at radius 1 is 2.00 bits per heavy atom. The molecule has 0 aromatic rings. The fourth-order valence-electron chi connectivity index (χ4n) is 0.209. The topological polar surface area (TPSA) is 29.1 Å². The third-order valence-electron chi connectivity index (χ3n) is 0.653. The van der Waals surface area contributed by atoms with Crippen molar-refractivity contribution in [1.29, 1.82) is 0 Å². The predicted octanol–water partition coefficient (Wildman–Crippen LogP) is 0.0507. The molecular weight excluding hydrogens is 110 g/mol. The Balaban J connectivity index is 2.98. The van der Waals surface area contributed by atoms with Crippen LogP contribution in [0.1, 0.15) is 6.42 Å². The van der Waals surface area contributed by atoms with E-state index in [0.717, 1.165) is 6.29 Å². The van der Waals surface area contributed by atoms with Gasteiger partial charge in [0.1, 0.15) is 6.29 Å². The van der Waals surface area contributed by atoms with Gasteiger partial charge in [-0.25, -0.2) is 0 Å².